The van der Waals surface area contributed by atoms with Gasteiger partial charge in [-0.1, -0.05) is 32.0 Å². The Labute approximate surface area is 154 Å². The molecule has 2 unspecified atom stereocenters. The van der Waals surface area contributed by atoms with Gasteiger partial charge in [-0.05, 0) is 36.5 Å². The van der Waals surface area contributed by atoms with Crippen molar-refractivity contribution in [1.82, 2.24) is 10.6 Å². The Bertz CT molecular complexity index is 799. The van der Waals surface area contributed by atoms with Crippen molar-refractivity contribution in [2.24, 2.45) is 5.41 Å². The molecule has 1 aliphatic heterocycles. The molecule has 2 aliphatic rings. The lowest BCUT2D eigenvalue weighted by Crippen LogP contribution is -2.44. The van der Waals surface area contributed by atoms with Crippen LogP contribution in [-0.4, -0.2) is 18.7 Å². The number of benzene rings is 1. The van der Waals surface area contributed by atoms with Crippen LogP contribution in [0.5, 0.6) is 5.75 Å². The average molecular weight is 354 g/mol. The molecule has 5 nitrogen and oxygen atoms in total. The van der Waals surface area contributed by atoms with E-state index in [1.54, 1.807) is 0 Å². The zero-order chi connectivity index (χ0) is 18.3. The molecular weight excluding hydrogens is 328 g/mol. The molecule has 138 valence electrons. The van der Waals surface area contributed by atoms with Crippen molar-refractivity contribution >= 4 is 6.03 Å². The second-order valence-corrected chi connectivity index (χ2v) is 8.24. The molecule has 2 N–H and O–H groups in total. The minimum Gasteiger partial charge on any atom is -0.488 e. The first-order valence-electron chi connectivity index (χ1n) is 9.28. The lowest BCUT2D eigenvalue weighted by molar-refractivity contribution is 0.201. The average Bonchev–Trinajstić information content (AvgIpc) is 3.14. The molecule has 1 aliphatic carbocycles. The Morgan fingerprint density at radius 1 is 1.31 bits per heavy atom. The molecule has 1 aromatic heterocycles. The number of carbonyl (C=O) groups is 1. The first-order valence-corrected chi connectivity index (χ1v) is 9.28. The summed E-state index contributed by atoms with van der Waals surface area (Å²) in [6, 6.07) is 9.90. The van der Waals surface area contributed by atoms with Gasteiger partial charge in [0.05, 0.1) is 12.6 Å². The second kappa shape index (κ2) is 6.38. The molecule has 0 fully saturated rings. The largest absolute Gasteiger partial charge is 0.488 e. The topological polar surface area (TPSA) is 63.5 Å². The van der Waals surface area contributed by atoms with Gasteiger partial charge in [0.1, 0.15) is 23.4 Å². The van der Waals surface area contributed by atoms with E-state index in [1.807, 2.05) is 31.2 Å². The molecule has 2 aromatic rings. The van der Waals surface area contributed by atoms with Crippen molar-refractivity contribution in [3.63, 3.8) is 0 Å². The van der Waals surface area contributed by atoms with Gasteiger partial charge in [-0.3, -0.25) is 0 Å². The molecule has 2 atom stereocenters. The van der Waals surface area contributed by atoms with Crippen molar-refractivity contribution in [2.75, 3.05) is 6.54 Å². The van der Waals surface area contributed by atoms with E-state index in [0.717, 1.165) is 42.1 Å². The number of furan rings is 1. The van der Waals surface area contributed by atoms with Gasteiger partial charge in [0.15, 0.2) is 0 Å². The van der Waals surface area contributed by atoms with E-state index in [4.69, 9.17) is 9.15 Å². The summed E-state index contributed by atoms with van der Waals surface area (Å²) in [4.78, 5) is 12.5. The summed E-state index contributed by atoms with van der Waals surface area (Å²) >= 11 is 0. The number of hydrogen-bond donors (Lipinski definition) is 2. The molecule has 0 radical (unpaired) electrons. The van der Waals surface area contributed by atoms with Crippen molar-refractivity contribution < 1.29 is 13.9 Å². The molecule has 0 spiro atoms. The molecule has 1 aromatic carbocycles. The maximum atomic E-state index is 12.5. The molecule has 26 heavy (non-hydrogen) atoms. The van der Waals surface area contributed by atoms with Crippen molar-refractivity contribution in [1.29, 1.82) is 0 Å². The molecule has 2 amide bonds. The van der Waals surface area contributed by atoms with Crippen molar-refractivity contribution in [3.05, 3.63) is 53.0 Å². The van der Waals surface area contributed by atoms with Crippen LogP contribution in [0.25, 0.3) is 0 Å². The lowest BCUT2D eigenvalue weighted by Gasteiger charge is -2.34. The van der Waals surface area contributed by atoms with Crippen LogP contribution < -0.4 is 15.4 Å². The Kier molecular flexibility index (Phi) is 4.17. The summed E-state index contributed by atoms with van der Waals surface area (Å²) in [5, 5.41) is 6.09. The number of ether oxygens (including phenoxy) is 1. The predicted molar refractivity (Wildman–Crippen MR) is 99.4 cm³/mol. The minimum absolute atomic E-state index is 0.00678. The monoisotopic (exact) mass is 354 g/mol. The zero-order valence-corrected chi connectivity index (χ0v) is 15.6. The fraction of sp³-hybridized carbons (Fsp3) is 0.476. The molecule has 0 saturated heterocycles. The highest BCUT2D eigenvalue weighted by atomic mass is 16.5. The number of para-hydroxylation sites is 1. The van der Waals surface area contributed by atoms with Crippen LogP contribution in [-0.2, 0) is 12.8 Å². The van der Waals surface area contributed by atoms with Crippen LogP contribution in [0.15, 0.2) is 34.7 Å². The third-order valence-corrected chi connectivity index (χ3v) is 5.25. The highest BCUT2D eigenvalue weighted by Gasteiger charge is 2.35. The molecule has 5 heteroatoms. The van der Waals surface area contributed by atoms with E-state index >= 15 is 0 Å². The Balaban J connectivity index is 1.35. The Hall–Kier alpha value is -2.43. The number of hydrogen-bond acceptors (Lipinski definition) is 3. The molecule has 0 bridgehead atoms. The fourth-order valence-electron chi connectivity index (χ4n) is 4.10. The molecule has 4 rings (SSSR count). The Morgan fingerprint density at radius 2 is 2.12 bits per heavy atom. The predicted octanol–water partition coefficient (Wildman–Crippen LogP) is 3.90. The summed E-state index contributed by atoms with van der Waals surface area (Å²) in [6.45, 7) is 6.87. The van der Waals surface area contributed by atoms with Gasteiger partial charge in [0, 0.05) is 18.4 Å². The van der Waals surface area contributed by atoms with E-state index in [1.165, 1.54) is 5.56 Å². The first kappa shape index (κ1) is 17.0. The first-order chi connectivity index (χ1) is 12.4. The van der Waals surface area contributed by atoms with Gasteiger partial charge in [-0.15, -0.1) is 0 Å². The van der Waals surface area contributed by atoms with Gasteiger partial charge < -0.3 is 19.8 Å². The minimum atomic E-state index is -0.156. The van der Waals surface area contributed by atoms with Gasteiger partial charge in [0.25, 0.3) is 0 Å². The number of aryl methyl sites for hydroxylation is 1. The van der Waals surface area contributed by atoms with Crippen LogP contribution in [0.2, 0.25) is 0 Å². The van der Waals surface area contributed by atoms with Crippen LogP contribution in [0, 0.1) is 12.3 Å². The van der Waals surface area contributed by atoms with Crippen molar-refractivity contribution in [2.45, 2.75) is 52.2 Å². The summed E-state index contributed by atoms with van der Waals surface area (Å²) in [7, 11) is 0. The van der Waals surface area contributed by atoms with Gasteiger partial charge in [-0.2, -0.15) is 0 Å². The SMILES string of the molecule is Cc1cc2c(o1)CC(C)(C)CC2NC(=O)NCC1Cc2ccccc2O1. The summed E-state index contributed by atoms with van der Waals surface area (Å²) in [6.07, 6.45) is 2.63. The van der Waals surface area contributed by atoms with E-state index in [0.29, 0.717) is 6.54 Å². The summed E-state index contributed by atoms with van der Waals surface area (Å²) in [5.41, 5.74) is 2.42. The number of amides is 2. The Morgan fingerprint density at radius 3 is 2.92 bits per heavy atom. The number of rotatable bonds is 3. The fourth-order valence-corrected chi connectivity index (χ4v) is 4.10. The quantitative estimate of drug-likeness (QED) is 0.878. The number of fused-ring (bicyclic) bond motifs is 2. The standard InChI is InChI=1S/C21H26N2O3/c1-13-8-16-17(10-21(2,3)11-19(16)25-13)23-20(24)22-12-15-9-14-6-4-5-7-18(14)26-15/h4-8,15,17H,9-12H2,1-3H3,(H2,22,23,24). The maximum absolute atomic E-state index is 12.5. The third-order valence-electron chi connectivity index (χ3n) is 5.25. The molecular formula is C21H26N2O3. The van der Waals surface area contributed by atoms with Crippen LogP contribution in [0.4, 0.5) is 4.79 Å². The summed E-state index contributed by atoms with van der Waals surface area (Å²) in [5.74, 6) is 2.82. The van der Waals surface area contributed by atoms with E-state index in [2.05, 4.69) is 30.5 Å². The number of carbonyl (C=O) groups excluding carboxylic acids is 1. The lowest BCUT2D eigenvalue weighted by atomic mass is 9.75. The van der Waals surface area contributed by atoms with Crippen LogP contribution in [0.1, 0.15) is 49.0 Å². The number of nitrogens with one attached hydrogen (secondary N) is 2. The van der Waals surface area contributed by atoms with E-state index < -0.39 is 0 Å². The normalized spacial score (nSPS) is 22.9. The number of urea groups is 1. The van der Waals surface area contributed by atoms with Gasteiger partial charge in [-0.25, -0.2) is 4.79 Å². The molecule has 0 saturated carbocycles. The highest BCUT2D eigenvalue weighted by Crippen LogP contribution is 2.41. The van der Waals surface area contributed by atoms with Gasteiger partial charge in [0.2, 0.25) is 0 Å². The summed E-state index contributed by atoms with van der Waals surface area (Å²) < 4.78 is 11.7. The molecule has 2 heterocycles. The van der Waals surface area contributed by atoms with Crippen LogP contribution in [0.3, 0.4) is 0 Å². The maximum Gasteiger partial charge on any atom is 0.315 e. The van der Waals surface area contributed by atoms with Gasteiger partial charge >= 0.3 is 6.03 Å². The zero-order valence-electron chi connectivity index (χ0n) is 15.6. The van der Waals surface area contributed by atoms with E-state index in [9.17, 15) is 4.79 Å². The van der Waals surface area contributed by atoms with Crippen molar-refractivity contribution in [3.8, 4) is 5.75 Å². The third kappa shape index (κ3) is 3.43. The smallest absolute Gasteiger partial charge is 0.315 e. The van der Waals surface area contributed by atoms with E-state index in [-0.39, 0.29) is 23.6 Å². The highest BCUT2D eigenvalue weighted by molar-refractivity contribution is 5.74. The second-order valence-electron chi connectivity index (χ2n) is 8.24. The van der Waals surface area contributed by atoms with Crippen LogP contribution >= 0.6 is 0 Å².